The van der Waals surface area contributed by atoms with Crippen molar-refractivity contribution in [2.45, 2.75) is 20.4 Å². The Labute approximate surface area is 150 Å². The lowest BCUT2D eigenvalue weighted by molar-refractivity contribution is 0.0541. The number of hydrogen-bond acceptors (Lipinski definition) is 5. The maximum Gasteiger partial charge on any atom is 0.373 e. The van der Waals surface area contributed by atoms with Crippen molar-refractivity contribution in [1.82, 2.24) is 24.4 Å². The Kier molecular flexibility index (Phi) is 3.76. The van der Waals surface area contributed by atoms with Crippen LogP contribution in [0.4, 0.5) is 8.78 Å². The highest BCUT2D eigenvalue weighted by Gasteiger charge is 2.21. The topological polar surface area (TPSA) is 98.5 Å². The Hall–Kier alpha value is -3.56. The Balaban J connectivity index is 1.87. The van der Waals surface area contributed by atoms with Crippen LogP contribution in [0.1, 0.15) is 28.5 Å². The van der Waals surface area contributed by atoms with Gasteiger partial charge in [0.05, 0.1) is 23.6 Å². The summed E-state index contributed by atoms with van der Waals surface area (Å²) in [5.74, 6) is -1.35. The van der Waals surface area contributed by atoms with Gasteiger partial charge in [-0.05, 0) is 26.0 Å². The van der Waals surface area contributed by atoms with Gasteiger partial charge in [0.25, 0.3) is 0 Å². The zero-order chi connectivity index (χ0) is 19.3. The molecule has 0 radical (unpaired) electrons. The van der Waals surface area contributed by atoms with E-state index in [4.69, 9.17) is 9.52 Å². The molecule has 0 amide bonds. The Morgan fingerprint density at radius 2 is 2.07 bits per heavy atom. The van der Waals surface area contributed by atoms with Gasteiger partial charge in [-0.25, -0.2) is 19.0 Å². The molecule has 0 saturated heterocycles. The highest BCUT2D eigenvalue weighted by molar-refractivity contribution is 5.86. The molecule has 4 heterocycles. The molecule has 10 heteroatoms. The fraction of sp³-hybridized carbons (Fsp3) is 0.176. The number of fused-ring (bicyclic) bond motifs is 1. The van der Waals surface area contributed by atoms with E-state index >= 15 is 0 Å². The number of aryl methyl sites for hydroxylation is 1. The summed E-state index contributed by atoms with van der Waals surface area (Å²) in [5, 5.41) is 17.1. The van der Waals surface area contributed by atoms with E-state index in [0.717, 1.165) is 6.20 Å². The summed E-state index contributed by atoms with van der Waals surface area (Å²) in [4.78, 5) is 14.9. The summed E-state index contributed by atoms with van der Waals surface area (Å²) in [6, 6.07) is 3.38. The maximum atomic E-state index is 13.1. The molecule has 0 aliphatic carbocycles. The van der Waals surface area contributed by atoms with Gasteiger partial charge in [-0.15, -0.1) is 0 Å². The molecule has 4 rings (SSSR count). The number of oxazole rings is 1. The molecule has 0 aliphatic heterocycles. The van der Waals surface area contributed by atoms with E-state index in [1.807, 2.05) is 0 Å². The molecule has 8 nitrogen and oxygen atoms in total. The lowest BCUT2D eigenvalue weighted by Crippen LogP contribution is -2.02. The SMILES string of the molecule is Cc1nn(C(F)F)c(C)c1-c1cnn2ccc(-c3ncc(C(=O)O)o3)cc12. The van der Waals surface area contributed by atoms with E-state index in [2.05, 4.69) is 15.2 Å². The van der Waals surface area contributed by atoms with Crippen molar-refractivity contribution in [2.24, 2.45) is 0 Å². The average Bonchev–Trinajstić information content (AvgIpc) is 3.32. The predicted octanol–water partition coefficient (Wildman–Crippen LogP) is 3.56. The fourth-order valence-corrected chi connectivity index (χ4v) is 3.06. The molecule has 0 spiro atoms. The standard InChI is InChI=1S/C17H13F2N5O3/c1-8-14(9(2)24(22-8)17(18)19)11-6-21-23-4-3-10(5-12(11)23)15-20-7-13(27-15)16(25)26/h3-7,17H,1-2H3,(H,25,26). The molecule has 0 fully saturated rings. The molecule has 1 N–H and O–H groups in total. The molecule has 27 heavy (non-hydrogen) atoms. The van der Waals surface area contributed by atoms with Crippen molar-refractivity contribution in [3.8, 4) is 22.6 Å². The first-order chi connectivity index (χ1) is 12.9. The summed E-state index contributed by atoms with van der Waals surface area (Å²) in [5.41, 5.74) is 3.14. The van der Waals surface area contributed by atoms with Gasteiger partial charge in [-0.2, -0.15) is 19.0 Å². The van der Waals surface area contributed by atoms with Crippen LogP contribution < -0.4 is 0 Å². The molecule has 0 saturated carbocycles. The average molecular weight is 373 g/mol. The molecule has 0 atom stereocenters. The van der Waals surface area contributed by atoms with Crippen LogP contribution in [-0.4, -0.2) is 35.5 Å². The Bertz CT molecular complexity index is 1170. The van der Waals surface area contributed by atoms with Crippen LogP contribution in [0.3, 0.4) is 0 Å². The van der Waals surface area contributed by atoms with Crippen molar-refractivity contribution < 1.29 is 23.1 Å². The third-order valence-corrected chi connectivity index (χ3v) is 4.26. The summed E-state index contributed by atoms with van der Waals surface area (Å²) >= 11 is 0. The number of hydrogen-bond donors (Lipinski definition) is 1. The quantitative estimate of drug-likeness (QED) is 0.587. The second-order valence-corrected chi connectivity index (χ2v) is 5.91. The first-order valence-electron chi connectivity index (χ1n) is 7.88. The van der Waals surface area contributed by atoms with Crippen LogP contribution in [0.2, 0.25) is 0 Å². The molecule has 138 valence electrons. The molecule has 0 unspecified atom stereocenters. The largest absolute Gasteiger partial charge is 0.475 e. The summed E-state index contributed by atoms with van der Waals surface area (Å²) in [7, 11) is 0. The number of pyridine rings is 1. The van der Waals surface area contributed by atoms with Crippen molar-refractivity contribution in [1.29, 1.82) is 0 Å². The van der Waals surface area contributed by atoms with Crippen LogP contribution in [0.25, 0.3) is 28.1 Å². The normalized spacial score (nSPS) is 11.6. The van der Waals surface area contributed by atoms with Crippen molar-refractivity contribution in [2.75, 3.05) is 0 Å². The van der Waals surface area contributed by atoms with E-state index in [-0.39, 0.29) is 11.7 Å². The minimum atomic E-state index is -2.74. The smallest absolute Gasteiger partial charge is 0.373 e. The highest BCUT2D eigenvalue weighted by atomic mass is 19.3. The molecular formula is C17H13F2N5O3. The molecule has 0 bridgehead atoms. The van der Waals surface area contributed by atoms with Gasteiger partial charge in [0.1, 0.15) is 0 Å². The van der Waals surface area contributed by atoms with Gasteiger partial charge in [-0.1, -0.05) is 0 Å². The molecule has 0 aromatic carbocycles. The first kappa shape index (κ1) is 16.9. The van der Waals surface area contributed by atoms with Gasteiger partial charge >= 0.3 is 12.5 Å². The number of halogens is 2. The van der Waals surface area contributed by atoms with E-state index in [1.54, 1.807) is 42.9 Å². The second kappa shape index (κ2) is 6.01. The van der Waals surface area contributed by atoms with Gasteiger partial charge in [0.2, 0.25) is 11.7 Å². The fourth-order valence-electron chi connectivity index (χ4n) is 3.06. The van der Waals surface area contributed by atoms with Crippen LogP contribution >= 0.6 is 0 Å². The number of aromatic nitrogens is 5. The van der Waals surface area contributed by atoms with E-state index in [1.165, 1.54) is 0 Å². The summed E-state index contributed by atoms with van der Waals surface area (Å²) < 4.78 is 33.8. The number of alkyl halides is 2. The maximum absolute atomic E-state index is 13.1. The first-order valence-corrected chi connectivity index (χ1v) is 7.88. The predicted molar refractivity (Wildman–Crippen MR) is 89.6 cm³/mol. The highest BCUT2D eigenvalue weighted by Crippen LogP contribution is 2.33. The number of carbonyl (C=O) groups is 1. The molecule has 4 aromatic heterocycles. The minimum Gasteiger partial charge on any atom is -0.475 e. The number of rotatable bonds is 4. The van der Waals surface area contributed by atoms with Crippen LogP contribution in [-0.2, 0) is 0 Å². The van der Waals surface area contributed by atoms with Gasteiger partial charge in [0, 0.05) is 28.6 Å². The van der Waals surface area contributed by atoms with E-state index < -0.39 is 12.5 Å². The number of carboxylic acids is 1. The summed E-state index contributed by atoms with van der Waals surface area (Å²) in [6.07, 6.45) is 4.35. The third-order valence-electron chi connectivity index (χ3n) is 4.26. The second-order valence-electron chi connectivity index (χ2n) is 5.91. The third kappa shape index (κ3) is 2.65. The minimum absolute atomic E-state index is 0.138. The van der Waals surface area contributed by atoms with Crippen molar-refractivity contribution in [3.05, 3.63) is 47.9 Å². The van der Waals surface area contributed by atoms with Crippen molar-refractivity contribution >= 4 is 11.5 Å². The van der Waals surface area contributed by atoms with Crippen LogP contribution in [0, 0.1) is 13.8 Å². The number of nitrogens with zero attached hydrogens (tertiary/aromatic N) is 5. The Morgan fingerprint density at radius 3 is 2.70 bits per heavy atom. The monoisotopic (exact) mass is 373 g/mol. The lowest BCUT2D eigenvalue weighted by atomic mass is 10.0. The van der Waals surface area contributed by atoms with Crippen LogP contribution in [0.5, 0.6) is 0 Å². The van der Waals surface area contributed by atoms with Gasteiger partial charge in [-0.3, -0.25) is 0 Å². The molecule has 0 aliphatic rings. The number of aromatic carboxylic acids is 1. The van der Waals surface area contributed by atoms with E-state index in [9.17, 15) is 13.6 Å². The van der Waals surface area contributed by atoms with Crippen LogP contribution in [0.15, 0.2) is 35.1 Å². The lowest BCUT2D eigenvalue weighted by Gasteiger charge is -2.04. The molecular weight excluding hydrogens is 360 g/mol. The Morgan fingerprint density at radius 1 is 1.30 bits per heavy atom. The zero-order valence-corrected chi connectivity index (χ0v) is 14.2. The molecule has 4 aromatic rings. The number of carboxylic acid groups (broad SMARTS) is 1. The van der Waals surface area contributed by atoms with E-state index in [0.29, 0.717) is 38.3 Å². The van der Waals surface area contributed by atoms with Gasteiger partial charge in [0.15, 0.2) is 0 Å². The zero-order valence-electron chi connectivity index (χ0n) is 14.2. The van der Waals surface area contributed by atoms with Crippen molar-refractivity contribution in [3.63, 3.8) is 0 Å². The summed E-state index contributed by atoms with van der Waals surface area (Å²) in [6.45, 7) is 0.487. The van der Waals surface area contributed by atoms with Gasteiger partial charge < -0.3 is 9.52 Å².